The van der Waals surface area contributed by atoms with Crippen molar-refractivity contribution in [3.8, 4) is 0 Å². The summed E-state index contributed by atoms with van der Waals surface area (Å²) in [7, 11) is 0. The largest absolute Gasteiger partial charge is 0.512 e. The minimum Gasteiger partial charge on any atom is -0.512 e. The van der Waals surface area contributed by atoms with E-state index in [9.17, 15) is 30.0 Å². The van der Waals surface area contributed by atoms with E-state index in [1.807, 2.05) is 40.7 Å². The van der Waals surface area contributed by atoms with E-state index in [4.69, 9.17) is 14.6 Å². The topological polar surface area (TPSA) is 154 Å². The fraction of sp³-hybridized carbons (Fsp3) is 0.854. The molecule has 14 atom stereocenters. The number of ether oxygens (including phenoxy) is 2. The zero-order valence-electron chi connectivity index (χ0n) is 32.8. The van der Waals surface area contributed by atoms with Gasteiger partial charge in [-0.2, -0.15) is 0 Å². The van der Waals surface area contributed by atoms with Gasteiger partial charge in [0.2, 0.25) is 0 Å². The lowest BCUT2D eigenvalue weighted by Gasteiger charge is -2.35. The summed E-state index contributed by atoms with van der Waals surface area (Å²) in [6.45, 7) is 19.7. The molecule has 2 aliphatic rings. The van der Waals surface area contributed by atoms with Crippen LogP contribution < -0.4 is 0 Å². The van der Waals surface area contributed by atoms with E-state index in [0.29, 0.717) is 25.7 Å². The molecule has 5 N–H and O–H groups in total. The van der Waals surface area contributed by atoms with Gasteiger partial charge in [0.25, 0.3) is 0 Å². The molecule has 0 aromatic carbocycles. The fourth-order valence-corrected chi connectivity index (χ4v) is 8.02. The van der Waals surface area contributed by atoms with Crippen LogP contribution in [0.25, 0.3) is 0 Å². The van der Waals surface area contributed by atoms with Gasteiger partial charge in [0.1, 0.15) is 0 Å². The predicted octanol–water partition coefficient (Wildman–Crippen LogP) is 7.80. The standard InChI is InChI=1S/C41H72O9/c1-25(21-29(5)34(43)24-35(44)30(6)22-27(3)20-26(2)14-15-38(46)47)12-11-13-28(4)39(48)31(7)36(45)23-33-16-18-41(10,49-33)37-17-19-40(9,50-37)32(8)42/h11,13,24-33,36-37,39,42-43,45,48H,12,14-23H2,1-10H3,(H,46,47)/b13-11+,34-24+/t25-,26+,27+,28?,29-,30+,31-,32?,33-,36+,37?,39?,40+,41-/m1/s1. The van der Waals surface area contributed by atoms with Crippen molar-refractivity contribution in [1.82, 2.24) is 0 Å². The Morgan fingerprint density at radius 2 is 1.46 bits per heavy atom. The summed E-state index contributed by atoms with van der Waals surface area (Å²) >= 11 is 0. The van der Waals surface area contributed by atoms with Crippen LogP contribution in [0, 0.1) is 41.4 Å². The molecular formula is C41H72O9. The maximum Gasteiger partial charge on any atom is 0.303 e. The number of carbonyl (C=O) groups is 2. The van der Waals surface area contributed by atoms with Crippen LogP contribution in [-0.4, -0.2) is 79.0 Å². The van der Waals surface area contributed by atoms with Gasteiger partial charge in [0.15, 0.2) is 5.78 Å². The highest BCUT2D eigenvalue weighted by molar-refractivity contribution is 5.91. The number of allylic oxidation sites excluding steroid dienone is 3. The van der Waals surface area contributed by atoms with Crippen molar-refractivity contribution in [1.29, 1.82) is 0 Å². The number of carbonyl (C=O) groups excluding carboxylic acids is 1. The number of rotatable bonds is 22. The lowest BCUT2D eigenvalue weighted by Crippen LogP contribution is -2.44. The van der Waals surface area contributed by atoms with Crippen molar-refractivity contribution in [2.45, 2.75) is 182 Å². The monoisotopic (exact) mass is 709 g/mol. The average molecular weight is 709 g/mol. The molecule has 4 unspecified atom stereocenters. The number of carboxylic acid groups (broad SMARTS) is 1. The first-order chi connectivity index (χ1) is 23.2. The Kier molecular flexibility index (Phi) is 17.7. The number of carboxylic acids is 1. The molecule has 0 radical (unpaired) electrons. The highest BCUT2D eigenvalue weighted by Gasteiger charge is 2.51. The van der Waals surface area contributed by atoms with E-state index in [-0.39, 0.29) is 71.6 Å². The van der Waals surface area contributed by atoms with Gasteiger partial charge in [0.05, 0.1) is 47.5 Å². The number of aliphatic hydroxyl groups is 4. The molecule has 0 spiro atoms. The third-order valence-corrected chi connectivity index (χ3v) is 11.9. The normalized spacial score (nSPS) is 30.7. The Morgan fingerprint density at radius 1 is 0.820 bits per heavy atom. The van der Waals surface area contributed by atoms with Crippen LogP contribution in [0.5, 0.6) is 0 Å². The average Bonchev–Trinajstić information content (AvgIpc) is 3.63. The second-order valence-electron chi connectivity index (χ2n) is 17.1. The van der Waals surface area contributed by atoms with E-state index < -0.39 is 35.5 Å². The van der Waals surface area contributed by atoms with Crippen LogP contribution in [0.15, 0.2) is 24.0 Å². The molecule has 2 heterocycles. The minimum absolute atomic E-state index is 0.0809. The van der Waals surface area contributed by atoms with Crippen molar-refractivity contribution < 1.29 is 44.6 Å². The molecule has 0 saturated carbocycles. The van der Waals surface area contributed by atoms with E-state index in [1.54, 1.807) is 6.92 Å². The summed E-state index contributed by atoms with van der Waals surface area (Å²) in [5, 5.41) is 51.9. The molecular weight excluding hydrogens is 636 g/mol. The first-order valence-corrected chi connectivity index (χ1v) is 19.4. The number of ketones is 1. The third kappa shape index (κ3) is 13.6. The Labute approximate surface area is 302 Å². The number of hydrogen-bond acceptors (Lipinski definition) is 8. The van der Waals surface area contributed by atoms with Gasteiger partial charge in [-0.3, -0.25) is 9.59 Å². The van der Waals surface area contributed by atoms with E-state index in [0.717, 1.165) is 38.5 Å². The maximum atomic E-state index is 12.8. The zero-order chi connectivity index (χ0) is 38.0. The van der Waals surface area contributed by atoms with Gasteiger partial charge < -0.3 is 35.0 Å². The summed E-state index contributed by atoms with van der Waals surface area (Å²) in [4.78, 5) is 23.7. The number of hydrogen-bond donors (Lipinski definition) is 5. The molecule has 9 nitrogen and oxygen atoms in total. The van der Waals surface area contributed by atoms with Gasteiger partial charge in [-0.25, -0.2) is 0 Å². The van der Waals surface area contributed by atoms with E-state index in [2.05, 4.69) is 33.8 Å². The maximum absolute atomic E-state index is 12.8. The molecule has 9 heteroatoms. The van der Waals surface area contributed by atoms with Crippen LogP contribution in [0.3, 0.4) is 0 Å². The molecule has 0 bridgehead atoms. The van der Waals surface area contributed by atoms with Gasteiger partial charge in [-0.05, 0) is 103 Å². The summed E-state index contributed by atoms with van der Waals surface area (Å²) in [6, 6.07) is 0. The quantitative estimate of drug-likeness (QED) is 0.0431. The Balaban J connectivity index is 1.77. The van der Waals surface area contributed by atoms with Crippen LogP contribution in [0.1, 0.15) is 140 Å². The molecule has 50 heavy (non-hydrogen) atoms. The lowest BCUT2D eigenvalue weighted by molar-refractivity contribution is -0.172. The number of aliphatic carboxylic acids is 1. The second kappa shape index (κ2) is 19.9. The van der Waals surface area contributed by atoms with Crippen LogP contribution in [0.4, 0.5) is 0 Å². The molecule has 0 amide bonds. The van der Waals surface area contributed by atoms with Crippen molar-refractivity contribution in [2.24, 2.45) is 41.4 Å². The molecule has 0 aromatic rings. The molecule has 2 saturated heterocycles. The first kappa shape index (κ1) is 44.4. The molecule has 290 valence electrons. The number of aliphatic hydroxyl groups excluding tert-OH is 4. The van der Waals surface area contributed by atoms with Gasteiger partial charge in [-0.1, -0.05) is 60.6 Å². The zero-order valence-corrected chi connectivity index (χ0v) is 32.8. The summed E-state index contributed by atoms with van der Waals surface area (Å²) in [5.41, 5.74) is -1.01. The van der Waals surface area contributed by atoms with Crippen LogP contribution in [0.2, 0.25) is 0 Å². The van der Waals surface area contributed by atoms with Crippen molar-refractivity contribution in [3.05, 3.63) is 24.0 Å². The van der Waals surface area contributed by atoms with Crippen LogP contribution >= 0.6 is 0 Å². The van der Waals surface area contributed by atoms with Crippen molar-refractivity contribution in [3.63, 3.8) is 0 Å². The smallest absolute Gasteiger partial charge is 0.303 e. The molecule has 0 aliphatic carbocycles. The predicted molar refractivity (Wildman–Crippen MR) is 198 cm³/mol. The summed E-state index contributed by atoms with van der Waals surface area (Å²) < 4.78 is 12.7. The van der Waals surface area contributed by atoms with Gasteiger partial charge in [0, 0.05) is 36.2 Å². The third-order valence-electron chi connectivity index (χ3n) is 11.9. The molecule has 2 fully saturated rings. The lowest BCUT2D eigenvalue weighted by atomic mass is 9.85. The van der Waals surface area contributed by atoms with Crippen molar-refractivity contribution in [2.75, 3.05) is 0 Å². The summed E-state index contributed by atoms with van der Waals surface area (Å²) in [5.74, 6) is -0.810. The summed E-state index contributed by atoms with van der Waals surface area (Å²) in [6.07, 6.45) is 10.8. The second-order valence-corrected chi connectivity index (χ2v) is 17.1. The fourth-order valence-electron chi connectivity index (χ4n) is 8.02. The first-order valence-electron chi connectivity index (χ1n) is 19.4. The molecule has 2 rings (SSSR count). The van der Waals surface area contributed by atoms with Gasteiger partial charge in [-0.15, -0.1) is 0 Å². The van der Waals surface area contributed by atoms with E-state index in [1.165, 1.54) is 6.08 Å². The van der Waals surface area contributed by atoms with Crippen molar-refractivity contribution >= 4 is 11.8 Å². The minimum atomic E-state index is -0.781. The Morgan fingerprint density at radius 3 is 2.06 bits per heavy atom. The Hall–Kier alpha value is -1.78. The Bertz CT molecular complexity index is 1120. The highest BCUT2D eigenvalue weighted by atomic mass is 16.6. The SMILES string of the molecule is CC(/C=C/C[C@@H](C)C[C@@H](C)/C(O)=C\C(=O)[C@@H](C)C[C@@H](C)C[C@@H](C)CCC(=O)O)C(O)[C@H](C)[C@@H](O)C[C@H]1CC[C@](C)(C2CC[C@@](C)(C(C)O)O2)O1. The van der Waals surface area contributed by atoms with E-state index >= 15 is 0 Å². The van der Waals surface area contributed by atoms with Gasteiger partial charge >= 0.3 is 5.97 Å². The highest BCUT2D eigenvalue weighted by Crippen LogP contribution is 2.45. The molecule has 0 aromatic heterocycles. The van der Waals surface area contributed by atoms with Crippen LogP contribution in [-0.2, 0) is 19.1 Å². The molecule has 2 aliphatic heterocycles.